The van der Waals surface area contributed by atoms with Gasteiger partial charge in [0.1, 0.15) is 18.2 Å². The molecule has 0 fully saturated rings. The minimum Gasteiger partial charge on any atom is -0.488 e. The highest BCUT2D eigenvalue weighted by molar-refractivity contribution is 6.32. The molecule has 0 amide bonds. The first-order chi connectivity index (χ1) is 16.7. The van der Waals surface area contributed by atoms with Gasteiger partial charge < -0.3 is 4.74 Å². The summed E-state index contributed by atoms with van der Waals surface area (Å²) in [6, 6.07) is 11.8. The second-order valence-corrected chi connectivity index (χ2v) is 9.54. The number of nitrogens with zero attached hydrogens (tertiary/aromatic N) is 4. The fourth-order valence-electron chi connectivity index (χ4n) is 3.93. The number of hydrogen-bond acceptors (Lipinski definition) is 5. The monoisotopic (exact) mass is 488 g/mol. The number of halogens is 1. The van der Waals surface area contributed by atoms with E-state index in [-0.39, 0.29) is 11.5 Å². The molecule has 0 saturated heterocycles. The van der Waals surface area contributed by atoms with E-state index in [2.05, 4.69) is 16.0 Å². The van der Waals surface area contributed by atoms with Crippen LogP contribution in [0.2, 0.25) is 5.02 Å². The molecule has 35 heavy (non-hydrogen) atoms. The van der Waals surface area contributed by atoms with Crippen molar-refractivity contribution in [3.05, 3.63) is 97.9 Å². The molecule has 7 heteroatoms. The Balaban J connectivity index is 1.75. The normalized spacial score (nSPS) is 11.2. The van der Waals surface area contributed by atoms with Crippen LogP contribution in [-0.4, -0.2) is 19.5 Å². The van der Waals surface area contributed by atoms with Gasteiger partial charge in [-0.2, -0.15) is 0 Å². The van der Waals surface area contributed by atoms with Crippen LogP contribution in [0.1, 0.15) is 53.5 Å². The summed E-state index contributed by atoms with van der Waals surface area (Å²) in [7, 11) is 0. The summed E-state index contributed by atoms with van der Waals surface area (Å²) < 4.78 is 7.63. The highest BCUT2D eigenvalue weighted by Crippen LogP contribution is 2.28. The van der Waals surface area contributed by atoms with Crippen LogP contribution in [0, 0.1) is 27.7 Å². The maximum absolute atomic E-state index is 13.5. The van der Waals surface area contributed by atoms with Crippen molar-refractivity contribution in [2.45, 2.75) is 54.1 Å². The molecule has 4 rings (SSSR count). The molecule has 0 aliphatic carbocycles. The summed E-state index contributed by atoms with van der Waals surface area (Å²) in [4.78, 5) is 27.1. The Morgan fingerprint density at radius 1 is 1.03 bits per heavy atom. The molecule has 3 heterocycles. The molecule has 0 saturated carbocycles. The van der Waals surface area contributed by atoms with Crippen LogP contribution in [-0.2, 0) is 6.61 Å². The fourth-order valence-corrected chi connectivity index (χ4v) is 4.12. The average molecular weight is 489 g/mol. The van der Waals surface area contributed by atoms with E-state index >= 15 is 0 Å². The zero-order chi connectivity index (χ0) is 25.3. The highest BCUT2D eigenvalue weighted by atomic mass is 35.5. The van der Waals surface area contributed by atoms with Gasteiger partial charge in [-0.05, 0) is 44.9 Å². The van der Waals surface area contributed by atoms with Crippen LogP contribution >= 0.6 is 11.6 Å². The number of aryl methyl sites for hydroxylation is 3. The molecule has 180 valence electrons. The Bertz CT molecular complexity index is 1460. The molecule has 4 aromatic rings. The molecule has 3 aromatic heterocycles. The standard InChI is InChI=1S/C28H29ClN4O2/c1-16(2)27-31-13-18(4)26(32-27)23-12-24(22(29)14-30-23)33-19(5)11-25(20(6)28(33)34)35-15-21-9-7-8-17(3)10-21/h7-14,16H,15H2,1-6H3. The topological polar surface area (TPSA) is 69.9 Å². The van der Waals surface area contributed by atoms with E-state index in [4.69, 9.17) is 21.3 Å². The first kappa shape index (κ1) is 24.6. The maximum atomic E-state index is 13.5. The Morgan fingerprint density at radius 2 is 1.80 bits per heavy atom. The van der Waals surface area contributed by atoms with Gasteiger partial charge in [-0.25, -0.2) is 9.97 Å². The summed E-state index contributed by atoms with van der Waals surface area (Å²) in [5, 5.41) is 0.377. The number of pyridine rings is 2. The van der Waals surface area contributed by atoms with E-state index in [1.165, 1.54) is 0 Å². The quantitative estimate of drug-likeness (QED) is 0.319. The number of rotatable bonds is 6. The van der Waals surface area contributed by atoms with Crippen molar-refractivity contribution < 1.29 is 4.74 Å². The highest BCUT2D eigenvalue weighted by Gasteiger charge is 2.17. The van der Waals surface area contributed by atoms with E-state index in [0.717, 1.165) is 28.2 Å². The number of hydrogen-bond donors (Lipinski definition) is 0. The first-order valence-electron chi connectivity index (χ1n) is 11.6. The van der Waals surface area contributed by atoms with Gasteiger partial charge in [0.15, 0.2) is 0 Å². The number of ether oxygens (including phenoxy) is 1. The van der Waals surface area contributed by atoms with Crippen molar-refractivity contribution in [1.29, 1.82) is 0 Å². The predicted octanol–water partition coefficient (Wildman–Crippen LogP) is 6.28. The third-order valence-electron chi connectivity index (χ3n) is 5.89. The smallest absolute Gasteiger partial charge is 0.261 e. The lowest BCUT2D eigenvalue weighted by atomic mass is 10.1. The predicted molar refractivity (Wildman–Crippen MR) is 140 cm³/mol. The van der Waals surface area contributed by atoms with Crippen molar-refractivity contribution >= 4 is 11.6 Å². The molecule has 6 nitrogen and oxygen atoms in total. The maximum Gasteiger partial charge on any atom is 0.261 e. The molecular weight excluding hydrogens is 460 g/mol. The van der Waals surface area contributed by atoms with Gasteiger partial charge >= 0.3 is 0 Å². The molecule has 1 aromatic carbocycles. The SMILES string of the molecule is Cc1cccc(COc2cc(C)n(-c3cc(-c4nc(C(C)C)ncc4C)ncc3Cl)c(=O)c2C)c1. The second-order valence-electron chi connectivity index (χ2n) is 9.13. The molecule has 0 bridgehead atoms. The van der Waals surface area contributed by atoms with Crippen molar-refractivity contribution in [3.63, 3.8) is 0 Å². The third-order valence-corrected chi connectivity index (χ3v) is 6.18. The van der Waals surface area contributed by atoms with Gasteiger partial charge in [0.2, 0.25) is 0 Å². The van der Waals surface area contributed by atoms with Crippen molar-refractivity contribution in [2.24, 2.45) is 0 Å². The van der Waals surface area contributed by atoms with Crippen molar-refractivity contribution in [1.82, 2.24) is 19.5 Å². The zero-order valence-corrected chi connectivity index (χ0v) is 21.6. The van der Waals surface area contributed by atoms with Gasteiger partial charge in [-0.1, -0.05) is 55.3 Å². The molecule has 0 radical (unpaired) electrons. The fraction of sp³-hybridized carbons (Fsp3) is 0.286. The average Bonchev–Trinajstić information content (AvgIpc) is 2.82. The summed E-state index contributed by atoms with van der Waals surface area (Å²) in [6.45, 7) is 12.1. The zero-order valence-electron chi connectivity index (χ0n) is 20.9. The lowest BCUT2D eigenvalue weighted by Crippen LogP contribution is -2.24. The van der Waals surface area contributed by atoms with Gasteiger partial charge in [0, 0.05) is 30.1 Å². The molecule has 0 aliphatic heterocycles. The van der Waals surface area contributed by atoms with E-state index < -0.39 is 0 Å². The van der Waals surface area contributed by atoms with Crippen molar-refractivity contribution in [3.8, 4) is 22.8 Å². The Morgan fingerprint density at radius 3 is 2.51 bits per heavy atom. The van der Waals surface area contributed by atoms with Gasteiger partial charge in [-0.15, -0.1) is 0 Å². The van der Waals surface area contributed by atoms with E-state index in [1.807, 2.05) is 65.0 Å². The largest absolute Gasteiger partial charge is 0.488 e. The van der Waals surface area contributed by atoms with Crippen LogP contribution in [0.5, 0.6) is 5.75 Å². The molecule has 0 N–H and O–H groups in total. The van der Waals surface area contributed by atoms with Crippen LogP contribution < -0.4 is 10.3 Å². The lowest BCUT2D eigenvalue weighted by molar-refractivity contribution is 0.302. The minimum absolute atomic E-state index is 0.181. The van der Waals surface area contributed by atoms with E-state index in [9.17, 15) is 4.79 Å². The summed E-state index contributed by atoms with van der Waals surface area (Å²) in [6.07, 6.45) is 3.36. The number of aromatic nitrogens is 4. The Labute approximate surface area is 210 Å². The molecule has 0 aliphatic rings. The summed E-state index contributed by atoms with van der Waals surface area (Å²) in [5.41, 5.74) is 6.06. The summed E-state index contributed by atoms with van der Waals surface area (Å²) in [5.74, 6) is 1.48. The van der Waals surface area contributed by atoms with Gasteiger partial charge in [0.25, 0.3) is 5.56 Å². The lowest BCUT2D eigenvalue weighted by Gasteiger charge is -2.17. The van der Waals surface area contributed by atoms with E-state index in [1.54, 1.807) is 23.9 Å². The minimum atomic E-state index is -0.189. The Kier molecular flexibility index (Phi) is 7.03. The third kappa shape index (κ3) is 5.13. The first-order valence-corrected chi connectivity index (χ1v) is 11.9. The second kappa shape index (κ2) is 10.0. The molecule has 0 unspecified atom stereocenters. The van der Waals surface area contributed by atoms with Crippen molar-refractivity contribution in [2.75, 3.05) is 0 Å². The Hall–Kier alpha value is -3.51. The molecule has 0 spiro atoms. The van der Waals surface area contributed by atoms with Gasteiger partial charge in [0.05, 0.1) is 27.7 Å². The van der Waals surface area contributed by atoms with E-state index in [0.29, 0.717) is 40.0 Å². The van der Waals surface area contributed by atoms with Crippen LogP contribution in [0.3, 0.4) is 0 Å². The number of benzene rings is 1. The molecular formula is C28H29ClN4O2. The van der Waals surface area contributed by atoms with Gasteiger partial charge in [-0.3, -0.25) is 14.3 Å². The molecule has 0 atom stereocenters. The van der Waals surface area contributed by atoms with Crippen LogP contribution in [0.4, 0.5) is 0 Å². The van der Waals surface area contributed by atoms with Crippen LogP contribution in [0.25, 0.3) is 17.1 Å². The summed E-state index contributed by atoms with van der Waals surface area (Å²) >= 11 is 6.55. The van der Waals surface area contributed by atoms with Crippen LogP contribution in [0.15, 0.2) is 53.6 Å².